The number of carbonyl (C=O) groups is 2. The summed E-state index contributed by atoms with van der Waals surface area (Å²) in [6, 6.07) is 4.77. The minimum absolute atomic E-state index is 0.0769. The van der Waals surface area contributed by atoms with Gasteiger partial charge in [-0.25, -0.2) is 4.79 Å². The lowest BCUT2D eigenvalue weighted by molar-refractivity contribution is -0.140. The second kappa shape index (κ2) is 6.15. The molecule has 1 aromatic carbocycles. The van der Waals surface area contributed by atoms with E-state index in [0.717, 1.165) is 4.90 Å². The summed E-state index contributed by atoms with van der Waals surface area (Å²) >= 11 is 1.38. The molecule has 1 aromatic rings. The molecular weight excluding hydrogens is 242 g/mol. The maximum atomic E-state index is 10.9. The molecule has 6 heteroatoms. The van der Waals surface area contributed by atoms with Gasteiger partial charge in [-0.05, 0) is 18.2 Å². The Kier molecular flexibility index (Phi) is 4.84. The number of methoxy groups -OCH3 is 1. The highest BCUT2D eigenvalue weighted by atomic mass is 32.2. The van der Waals surface area contributed by atoms with Crippen molar-refractivity contribution in [3.63, 3.8) is 0 Å². The van der Waals surface area contributed by atoms with Crippen LogP contribution in [0.2, 0.25) is 0 Å². The number of hydrogen-bond acceptors (Lipinski definition) is 5. The summed E-state index contributed by atoms with van der Waals surface area (Å²) in [5.41, 5.74) is 5.83. The molecule has 0 atom stereocenters. The molecule has 0 fully saturated rings. The molecular formula is C11H13NO4S. The molecule has 3 N–H and O–H groups in total. The molecule has 0 aromatic heterocycles. The minimum Gasteiger partial charge on any atom is -0.478 e. The van der Waals surface area contributed by atoms with Crippen LogP contribution in [0, 0.1) is 0 Å². The predicted molar refractivity (Wildman–Crippen MR) is 65.2 cm³/mol. The summed E-state index contributed by atoms with van der Waals surface area (Å²) < 4.78 is 4.50. The average molecular weight is 255 g/mol. The van der Waals surface area contributed by atoms with Crippen LogP contribution in [0.3, 0.4) is 0 Å². The Morgan fingerprint density at radius 1 is 1.47 bits per heavy atom. The number of rotatable bonds is 5. The van der Waals surface area contributed by atoms with Crippen LogP contribution in [0.1, 0.15) is 16.8 Å². The van der Waals surface area contributed by atoms with Crippen molar-refractivity contribution < 1.29 is 19.4 Å². The summed E-state index contributed by atoms with van der Waals surface area (Å²) in [6.45, 7) is 0. The largest absolute Gasteiger partial charge is 0.478 e. The maximum absolute atomic E-state index is 10.9. The van der Waals surface area contributed by atoms with Gasteiger partial charge in [-0.3, -0.25) is 4.79 Å². The van der Waals surface area contributed by atoms with Crippen molar-refractivity contribution in [1.29, 1.82) is 0 Å². The predicted octanol–water partition coefficient (Wildman–Crippen LogP) is 1.62. The van der Waals surface area contributed by atoms with E-state index >= 15 is 0 Å². The third-order valence-corrected chi connectivity index (χ3v) is 3.05. The molecule has 0 heterocycles. The summed E-state index contributed by atoms with van der Waals surface area (Å²) in [5.74, 6) is -0.806. The highest BCUT2D eigenvalue weighted by molar-refractivity contribution is 7.99. The first kappa shape index (κ1) is 13.4. The van der Waals surface area contributed by atoms with Gasteiger partial charge in [-0.15, -0.1) is 11.8 Å². The molecule has 5 nitrogen and oxygen atoms in total. The lowest BCUT2D eigenvalue weighted by Gasteiger charge is -2.04. The number of carboxylic acid groups (broad SMARTS) is 1. The molecule has 0 spiro atoms. The fourth-order valence-corrected chi connectivity index (χ4v) is 2.03. The van der Waals surface area contributed by atoms with Crippen molar-refractivity contribution in [2.75, 3.05) is 18.6 Å². The number of carboxylic acids is 1. The Morgan fingerprint density at radius 2 is 2.18 bits per heavy atom. The Morgan fingerprint density at radius 3 is 2.76 bits per heavy atom. The number of nitrogens with two attached hydrogens (primary N) is 1. The lowest BCUT2D eigenvalue weighted by atomic mass is 10.2. The van der Waals surface area contributed by atoms with Crippen LogP contribution in [-0.4, -0.2) is 29.9 Å². The van der Waals surface area contributed by atoms with Gasteiger partial charge in [0.1, 0.15) is 0 Å². The SMILES string of the molecule is COC(=O)CCSc1ccc(N)c(C(=O)O)c1. The van der Waals surface area contributed by atoms with E-state index < -0.39 is 5.97 Å². The smallest absolute Gasteiger partial charge is 0.337 e. The number of aromatic carboxylic acids is 1. The van der Waals surface area contributed by atoms with Gasteiger partial charge >= 0.3 is 11.9 Å². The second-order valence-electron chi connectivity index (χ2n) is 3.23. The number of carbonyl (C=O) groups excluding carboxylic acids is 1. The van der Waals surface area contributed by atoms with Crippen molar-refractivity contribution in [3.05, 3.63) is 23.8 Å². The van der Waals surface area contributed by atoms with Gasteiger partial charge in [0, 0.05) is 16.3 Å². The standard InChI is InChI=1S/C11H13NO4S/c1-16-10(13)4-5-17-7-2-3-9(12)8(6-7)11(14)15/h2-3,6H,4-5,12H2,1H3,(H,14,15). The number of benzene rings is 1. The van der Waals surface area contributed by atoms with Crippen molar-refractivity contribution >= 4 is 29.4 Å². The van der Waals surface area contributed by atoms with Crippen LogP contribution in [0.5, 0.6) is 0 Å². The number of esters is 1. The number of thioether (sulfide) groups is 1. The molecule has 1 rings (SSSR count). The molecule has 92 valence electrons. The van der Waals surface area contributed by atoms with E-state index in [2.05, 4.69) is 4.74 Å². The maximum Gasteiger partial charge on any atom is 0.337 e. The van der Waals surface area contributed by atoms with Gasteiger partial charge in [0.15, 0.2) is 0 Å². The molecule has 17 heavy (non-hydrogen) atoms. The van der Waals surface area contributed by atoms with Crippen LogP contribution in [0.4, 0.5) is 5.69 Å². The van der Waals surface area contributed by atoms with Crippen molar-refractivity contribution in [2.45, 2.75) is 11.3 Å². The van der Waals surface area contributed by atoms with Gasteiger partial charge < -0.3 is 15.6 Å². The normalized spacial score (nSPS) is 9.94. The zero-order chi connectivity index (χ0) is 12.8. The molecule has 0 amide bonds. The molecule has 0 bridgehead atoms. The quantitative estimate of drug-likeness (QED) is 0.472. The molecule has 0 saturated heterocycles. The number of ether oxygens (including phenoxy) is 1. The van der Waals surface area contributed by atoms with E-state index in [1.165, 1.54) is 24.9 Å². The number of nitrogen functional groups attached to an aromatic ring is 1. The van der Waals surface area contributed by atoms with E-state index in [4.69, 9.17) is 10.8 Å². The fourth-order valence-electron chi connectivity index (χ4n) is 1.16. The Bertz CT molecular complexity index is 433. The van der Waals surface area contributed by atoms with E-state index in [9.17, 15) is 9.59 Å². The van der Waals surface area contributed by atoms with Crippen molar-refractivity contribution in [3.8, 4) is 0 Å². The van der Waals surface area contributed by atoms with Gasteiger partial charge in [-0.1, -0.05) is 0 Å². The van der Waals surface area contributed by atoms with Crippen molar-refractivity contribution in [1.82, 2.24) is 0 Å². The number of anilines is 1. The van der Waals surface area contributed by atoms with E-state index in [1.54, 1.807) is 12.1 Å². The summed E-state index contributed by atoms with van der Waals surface area (Å²) in [4.78, 5) is 22.5. The van der Waals surface area contributed by atoms with E-state index in [0.29, 0.717) is 5.75 Å². The molecule has 0 saturated carbocycles. The van der Waals surface area contributed by atoms with Gasteiger partial charge in [-0.2, -0.15) is 0 Å². The first-order chi connectivity index (χ1) is 8.04. The third kappa shape index (κ3) is 3.99. The van der Waals surface area contributed by atoms with Crippen LogP contribution in [-0.2, 0) is 9.53 Å². The molecule has 0 unspecified atom stereocenters. The van der Waals surface area contributed by atoms with Crippen LogP contribution < -0.4 is 5.73 Å². The average Bonchev–Trinajstić information content (AvgIpc) is 2.30. The Labute approximate surface area is 103 Å². The minimum atomic E-state index is -1.06. The Balaban J connectivity index is 2.63. The van der Waals surface area contributed by atoms with E-state index in [1.807, 2.05) is 0 Å². The topological polar surface area (TPSA) is 89.6 Å². The zero-order valence-electron chi connectivity index (χ0n) is 9.30. The first-order valence-corrected chi connectivity index (χ1v) is 5.85. The van der Waals surface area contributed by atoms with Crippen LogP contribution in [0.15, 0.2) is 23.1 Å². The molecule has 0 aliphatic rings. The van der Waals surface area contributed by atoms with Gasteiger partial charge in [0.05, 0.1) is 19.1 Å². The zero-order valence-corrected chi connectivity index (χ0v) is 10.1. The third-order valence-electron chi connectivity index (χ3n) is 2.06. The second-order valence-corrected chi connectivity index (χ2v) is 4.40. The monoisotopic (exact) mass is 255 g/mol. The molecule has 0 aliphatic heterocycles. The summed E-state index contributed by atoms with van der Waals surface area (Å²) in [5, 5.41) is 8.88. The van der Waals surface area contributed by atoms with Crippen molar-refractivity contribution in [2.24, 2.45) is 0 Å². The van der Waals surface area contributed by atoms with Gasteiger partial charge in [0.2, 0.25) is 0 Å². The lowest BCUT2D eigenvalue weighted by Crippen LogP contribution is -2.03. The summed E-state index contributed by atoms with van der Waals surface area (Å²) in [6.07, 6.45) is 0.286. The summed E-state index contributed by atoms with van der Waals surface area (Å²) in [7, 11) is 1.33. The van der Waals surface area contributed by atoms with Gasteiger partial charge in [0.25, 0.3) is 0 Å². The fraction of sp³-hybridized carbons (Fsp3) is 0.273. The van der Waals surface area contributed by atoms with Crippen LogP contribution in [0.25, 0.3) is 0 Å². The first-order valence-electron chi connectivity index (χ1n) is 4.87. The highest BCUT2D eigenvalue weighted by Crippen LogP contribution is 2.23. The van der Waals surface area contributed by atoms with E-state index in [-0.39, 0.29) is 23.6 Å². The molecule has 0 radical (unpaired) electrons. The van der Waals surface area contributed by atoms with Crippen LogP contribution >= 0.6 is 11.8 Å². The molecule has 0 aliphatic carbocycles. The Hall–Kier alpha value is -1.69. The number of hydrogen-bond donors (Lipinski definition) is 2. The highest BCUT2D eigenvalue weighted by Gasteiger charge is 2.09.